The molecule has 3 nitrogen and oxygen atoms in total. The number of ether oxygens (including phenoxy) is 1. The summed E-state index contributed by atoms with van der Waals surface area (Å²) in [7, 11) is 1.72. The Morgan fingerprint density at radius 2 is 1.47 bits per heavy atom. The maximum absolute atomic E-state index is 5.38. The third kappa shape index (κ3) is 6.59. The Hall–Kier alpha value is -2.88. The van der Waals surface area contributed by atoms with E-state index < -0.39 is 0 Å². The Morgan fingerprint density at radius 3 is 2.03 bits per heavy atom. The molecule has 1 aliphatic rings. The third-order valence-electron chi connectivity index (χ3n) is 6.96. The van der Waals surface area contributed by atoms with E-state index in [2.05, 4.69) is 108 Å². The molecule has 178 valence electrons. The summed E-state index contributed by atoms with van der Waals surface area (Å²) in [5, 5.41) is 0. The predicted octanol–water partition coefficient (Wildman–Crippen LogP) is 6.68. The van der Waals surface area contributed by atoms with Crippen LogP contribution < -0.4 is 4.74 Å². The number of rotatable bonds is 11. The number of hydrogen-bond donors (Lipinski definition) is 0. The topological polar surface area (TPSA) is 15.7 Å². The van der Waals surface area contributed by atoms with Crippen molar-refractivity contribution in [1.29, 1.82) is 0 Å². The Labute approximate surface area is 205 Å². The largest absolute Gasteiger partial charge is 0.497 e. The standard InChI is InChI=1S/C31H38N2O/c1-26(27-16-18-30(34-2)19-17-27)33(24-11-23-32-21-9-10-22-32)25-20-31(28-12-5-3-6-13-28)29-14-7-4-8-15-29/h3-8,12-20,26H,9-11,21-25H2,1-2H3/t26-/m1/s1. The van der Waals surface area contributed by atoms with Crippen LogP contribution in [-0.4, -0.2) is 49.6 Å². The molecule has 4 rings (SSSR count). The normalized spacial score (nSPS) is 14.8. The van der Waals surface area contributed by atoms with E-state index in [1.807, 2.05) is 0 Å². The van der Waals surface area contributed by atoms with Crippen LogP contribution in [-0.2, 0) is 0 Å². The number of benzene rings is 3. The van der Waals surface area contributed by atoms with Crippen LogP contribution in [0.25, 0.3) is 5.57 Å². The van der Waals surface area contributed by atoms with E-state index in [1.165, 1.54) is 61.2 Å². The van der Waals surface area contributed by atoms with Gasteiger partial charge in [0.1, 0.15) is 5.75 Å². The second kappa shape index (κ2) is 12.5. The second-order valence-corrected chi connectivity index (χ2v) is 9.20. The van der Waals surface area contributed by atoms with Crippen molar-refractivity contribution in [2.75, 3.05) is 39.8 Å². The molecule has 3 aromatic rings. The molecule has 1 saturated heterocycles. The molecule has 3 aromatic carbocycles. The summed E-state index contributed by atoms with van der Waals surface area (Å²) < 4.78 is 5.38. The van der Waals surface area contributed by atoms with Gasteiger partial charge in [0.05, 0.1) is 7.11 Å². The van der Waals surface area contributed by atoms with Crippen molar-refractivity contribution in [1.82, 2.24) is 9.80 Å². The molecule has 1 heterocycles. The molecular formula is C31H38N2O. The number of methoxy groups -OCH3 is 1. The molecule has 34 heavy (non-hydrogen) atoms. The van der Waals surface area contributed by atoms with Gasteiger partial charge in [0, 0.05) is 19.1 Å². The number of likely N-dealkylation sites (tertiary alicyclic amines) is 1. The van der Waals surface area contributed by atoms with Crippen LogP contribution in [0.15, 0.2) is 91.0 Å². The first-order valence-corrected chi connectivity index (χ1v) is 12.7. The molecular weight excluding hydrogens is 416 g/mol. The number of hydrogen-bond acceptors (Lipinski definition) is 3. The molecule has 0 spiro atoms. The lowest BCUT2D eigenvalue weighted by atomic mass is 9.97. The van der Waals surface area contributed by atoms with E-state index in [9.17, 15) is 0 Å². The lowest BCUT2D eigenvalue weighted by molar-refractivity contribution is 0.214. The van der Waals surface area contributed by atoms with Crippen molar-refractivity contribution >= 4 is 5.57 Å². The van der Waals surface area contributed by atoms with Crippen LogP contribution in [0.1, 0.15) is 48.9 Å². The van der Waals surface area contributed by atoms with Gasteiger partial charge in [0.15, 0.2) is 0 Å². The zero-order valence-electron chi connectivity index (χ0n) is 20.7. The van der Waals surface area contributed by atoms with Gasteiger partial charge in [-0.1, -0.05) is 78.9 Å². The minimum atomic E-state index is 0.327. The van der Waals surface area contributed by atoms with Crippen molar-refractivity contribution in [2.45, 2.75) is 32.2 Å². The maximum Gasteiger partial charge on any atom is 0.118 e. The Bertz CT molecular complexity index is 967. The van der Waals surface area contributed by atoms with Gasteiger partial charge in [0.2, 0.25) is 0 Å². The zero-order valence-corrected chi connectivity index (χ0v) is 20.7. The SMILES string of the molecule is COc1ccc([C@@H](C)N(CC=C(c2ccccc2)c2ccccc2)CCCN2CCCC2)cc1. The predicted molar refractivity (Wildman–Crippen MR) is 143 cm³/mol. The Morgan fingerprint density at radius 1 is 0.882 bits per heavy atom. The summed E-state index contributed by atoms with van der Waals surface area (Å²) in [6.45, 7) is 8.04. The van der Waals surface area contributed by atoms with Crippen LogP contribution in [0, 0.1) is 0 Å². The van der Waals surface area contributed by atoms with Gasteiger partial charge in [0.25, 0.3) is 0 Å². The average Bonchev–Trinajstić information content (AvgIpc) is 3.42. The Kier molecular flexibility index (Phi) is 8.95. The molecule has 0 unspecified atom stereocenters. The lowest BCUT2D eigenvalue weighted by Crippen LogP contribution is -2.31. The van der Waals surface area contributed by atoms with Crippen molar-refractivity contribution in [3.05, 3.63) is 108 Å². The van der Waals surface area contributed by atoms with Gasteiger partial charge in [-0.2, -0.15) is 0 Å². The van der Waals surface area contributed by atoms with E-state index in [0.29, 0.717) is 6.04 Å². The van der Waals surface area contributed by atoms with Gasteiger partial charge >= 0.3 is 0 Å². The maximum atomic E-state index is 5.38. The highest BCUT2D eigenvalue weighted by molar-refractivity contribution is 5.79. The first kappa shape index (κ1) is 24.3. The van der Waals surface area contributed by atoms with E-state index in [1.54, 1.807) is 7.11 Å². The molecule has 1 fully saturated rings. The monoisotopic (exact) mass is 454 g/mol. The molecule has 0 aliphatic carbocycles. The van der Waals surface area contributed by atoms with Gasteiger partial charge in [-0.05, 0) is 80.2 Å². The zero-order chi connectivity index (χ0) is 23.6. The lowest BCUT2D eigenvalue weighted by Gasteiger charge is -2.30. The molecule has 0 amide bonds. The summed E-state index contributed by atoms with van der Waals surface area (Å²) in [5.74, 6) is 0.909. The van der Waals surface area contributed by atoms with Crippen LogP contribution in [0.4, 0.5) is 0 Å². The Balaban J connectivity index is 1.56. The highest BCUT2D eigenvalue weighted by atomic mass is 16.5. The first-order valence-electron chi connectivity index (χ1n) is 12.7. The van der Waals surface area contributed by atoms with Crippen molar-refractivity contribution in [3.63, 3.8) is 0 Å². The van der Waals surface area contributed by atoms with E-state index >= 15 is 0 Å². The summed E-state index contributed by atoms with van der Waals surface area (Å²) >= 11 is 0. The van der Waals surface area contributed by atoms with Gasteiger partial charge in [-0.25, -0.2) is 0 Å². The van der Waals surface area contributed by atoms with Crippen LogP contribution in [0.3, 0.4) is 0 Å². The van der Waals surface area contributed by atoms with Crippen LogP contribution in [0.2, 0.25) is 0 Å². The molecule has 0 aromatic heterocycles. The minimum Gasteiger partial charge on any atom is -0.497 e. The van der Waals surface area contributed by atoms with E-state index in [0.717, 1.165) is 18.8 Å². The highest BCUT2D eigenvalue weighted by Gasteiger charge is 2.17. The van der Waals surface area contributed by atoms with Crippen molar-refractivity contribution < 1.29 is 4.74 Å². The first-order chi connectivity index (χ1) is 16.7. The van der Waals surface area contributed by atoms with E-state index in [-0.39, 0.29) is 0 Å². The van der Waals surface area contributed by atoms with Gasteiger partial charge < -0.3 is 9.64 Å². The number of nitrogens with zero attached hydrogens (tertiary/aromatic N) is 2. The van der Waals surface area contributed by atoms with Crippen molar-refractivity contribution in [3.8, 4) is 5.75 Å². The third-order valence-corrected chi connectivity index (χ3v) is 6.96. The molecule has 0 bridgehead atoms. The average molecular weight is 455 g/mol. The molecule has 0 N–H and O–H groups in total. The van der Waals surface area contributed by atoms with Crippen LogP contribution in [0.5, 0.6) is 5.75 Å². The molecule has 1 atom stereocenters. The van der Waals surface area contributed by atoms with Gasteiger partial charge in [-0.15, -0.1) is 0 Å². The fourth-order valence-electron chi connectivity index (χ4n) is 4.89. The van der Waals surface area contributed by atoms with Gasteiger partial charge in [-0.3, -0.25) is 4.90 Å². The quantitative estimate of drug-likeness (QED) is 0.321. The minimum absolute atomic E-state index is 0.327. The summed E-state index contributed by atoms with van der Waals surface area (Å²) in [6.07, 6.45) is 6.32. The second-order valence-electron chi connectivity index (χ2n) is 9.20. The fourth-order valence-corrected chi connectivity index (χ4v) is 4.89. The molecule has 0 saturated carbocycles. The molecule has 0 radical (unpaired) electrons. The van der Waals surface area contributed by atoms with Crippen LogP contribution >= 0.6 is 0 Å². The fraction of sp³-hybridized carbons (Fsp3) is 0.355. The van der Waals surface area contributed by atoms with E-state index in [4.69, 9.17) is 4.74 Å². The summed E-state index contributed by atoms with van der Waals surface area (Å²) in [5.41, 5.74) is 5.16. The molecule has 3 heteroatoms. The van der Waals surface area contributed by atoms with Crippen molar-refractivity contribution in [2.24, 2.45) is 0 Å². The summed E-state index contributed by atoms with van der Waals surface area (Å²) in [4.78, 5) is 5.23. The summed E-state index contributed by atoms with van der Waals surface area (Å²) in [6, 6.07) is 30.4. The molecule has 1 aliphatic heterocycles. The highest BCUT2D eigenvalue weighted by Crippen LogP contribution is 2.26. The smallest absolute Gasteiger partial charge is 0.118 e.